The van der Waals surface area contributed by atoms with E-state index < -0.39 is 6.36 Å². The van der Waals surface area contributed by atoms with Crippen LogP contribution < -0.4 is 20.3 Å². The summed E-state index contributed by atoms with van der Waals surface area (Å²) in [5, 5.41) is 6.83. The van der Waals surface area contributed by atoms with Crippen molar-refractivity contribution in [2.24, 2.45) is 0 Å². The second-order valence-corrected chi connectivity index (χ2v) is 8.45. The third-order valence-corrected chi connectivity index (χ3v) is 5.52. The van der Waals surface area contributed by atoms with E-state index >= 15 is 0 Å². The van der Waals surface area contributed by atoms with Gasteiger partial charge in [0.05, 0.1) is 0 Å². The Bertz CT molecular complexity index is 852. The molecule has 1 aliphatic rings. The second-order valence-electron chi connectivity index (χ2n) is 7.53. The van der Waals surface area contributed by atoms with Gasteiger partial charge in [-0.2, -0.15) is 0 Å². The molecule has 1 aromatic carbocycles. The number of anilines is 2. The molecule has 1 saturated carbocycles. The first-order chi connectivity index (χ1) is 14.2. The molecule has 32 heavy (non-hydrogen) atoms. The van der Waals surface area contributed by atoms with Gasteiger partial charge >= 0.3 is 6.36 Å². The highest BCUT2D eigenvalue weighted by Crippen LogP contribution is 2.30. The summed E-state index contributed by atoms with van der Waals surface area (Å²) in [6.07, 6.45) is 0.581. The van der Waals surface area contributed by atoms with Gasteiger partial charge in [-0.25, -0.2) is 9.97 Å². The summed E-state index contributed by atoms with van der Waals surface area (Å²) in [6.45, 7) is 0.319. The Kier molecular flexibility index (Phi) is 11.3. The van der Waals surface area contributed by atoms with Crippen molar-refractivity contribution in [3.8, 4) is 5.75 Å². The molecule has 6 nitrogen and oxygen atoms in total. The van der Waals surface area contributed by atoms with Crippen LogP contribution in [0, 0.1) is 0 Å². The smallest absolute Gasteiger partial charge is 0.405 e. The number of benzene rings is 1. The Hall–Kier alpha value is -1.49. The monoisotopic (exact) mass is 559 g/mol. The molecular formula is C20H27BrCl2F3N5O. The minimum atomic E-state index is -4.72. The van der Waals surface area contributed by atoms with Gasteiger partial charge in [-0.05, 0) is 37.8 Å². The molecule has 0 atom stereocenters. The number of halogens is 6. The molecule has 12 heteroatoms. The fraction of sp³-hybridized carbons (Fsp3) is 0.500. The summed E-state index contributed by atoms with van der Waals surface area (Å²) >= 11 is 3.19. The third kappa shape index (κ3) is 8.80. The van der Waals surface area contributed by atoms with E-state index in [1.54, 1.807) is 18.5 Å². The molecule has 2 aromatic rings. The maximum absolute atomic E-state index is 12.7. The summed E-state index contributed by atoms with van der Waals surface area (Å²) in [4.78, 5) is 10.4. The molecular weight excluding hydrogens is 534 g/mol. The minimum absolute atomic E-state index is 0. The zero-order valence-electron chi connectivity index (χ0n) is 17.7. The van der Waals surface area contributed by atoms with Crippen molar-refractivity contribution in [2.75, 3.05) is 24.3 Å². The van der Waals surface area contributed by atoms with Crippen molar-refractivity contribution < 1.29 is 17.9 Å². The van der Waals surface area contributed by atoms with Crippen molar-refractivity contribution in [1.29, 1.82) is 0 Å². The van der Waals surface area contributed by atoms with Crippen LogP contribution in [0.4, 0.5) is 24.8 Å². The lowest BCUT2D eigenvalue weighted by Crippen LogP contribution is -2.37. The SMILES string of the molecule is CN(C)c1cc(N[C@H]2CC[C@@H](NCc3ccc(Br)cc3OC(F)(F)F)CC2)ncn1.Cl.Cl. The van der Waals surface area contributed by atoms with Gasteiger partial charge in [-0.15, -0.1) is 38.0 Å². The van der Waals surface area contributed by atoms with E-state index in [2.05, 4.69) is 41.3 Å². The van der Waals surface area contributed by atoms with E-state index in [0.717, 1.165) is 37.3 Å². The molecule has 180 valence electrons. The number of ether oxygens (including phenoxy) is 1. The molecule has 0 spiro atoms. The van der Waals surface area contributed by atoms with Gasteiger partial charge in [-0.1, -0.05) is 22.0 Å². The Morgan fingerprint density at radius 1 is 1.06 bits per heavy atom. The Morgan fingerprint density at radius 2 is 1.72 bits per heavy atom. The topological polar surface area (TPSA) is 62.3 Å². The number of aromatic nitrogens is 2. The second kappa shape index (κ2) is 12.7. The van der Waals surface area contributed by atoms with Crippen molar-refractivity contribution >= 4 is 52.4 Å². The lowest BCUT2D eigenvalue weighted by atomic mass is 9.91. The highest BCUT2D eigenvalue weighted by atomic mass is 79.9. The van der Waals surface area contributed by atoms with E-state index in [1.165, 1.54) is 6.07 Å². The van der Waals surface area contributed by atoms with Crippen LogP contribution in [0.2, 0.25) is 0 Å². The van der Waals surface area contributed by atoms with Crippen LogP contribution in [-0.4, -0.2) is 42.5 Å². The quantitative estimate of drug-likeness (QED) is 0.462. The number of hydrogen-bond acceptors (Lipinski definition) is 6. The van der Waals surface area contributed by atoms with Crippen molar-refractivity contribution in [3.05, 3.63) is 40.6 Å². The molecule has 0 bridgehead atoms. The Labute approximate surface area is 206 Å². The van der Waals surface area contributed by atoms with Gasteiger partial charge in [0.15, 0.2) is 0 Å². The van der Waals surface area contributed by atoms with Crippen molar-refractivity contribution in [2.45, 2.75) is 50.7 Å². The fourth-order valence-electron chi connectivity index (χ4n) is 3.47. The van der Waals surface area contributed by atoms with E-state index in [-0.39, 0.29) is 36.6 Å². The van der Waals surface area contributed by atoms with Crippen LogP contribution >= 0.6 is 40.7 Å². The van der Waals surface area contributed by atoms with Gasteiger partial charge in [0, 0.05) is 48.8 Å². The first kappa shape index (κ1) is 28.5. The van der Waals surface area contributed by atoms with Crippen molar-refractivity contribution in [1.82, 2.24) is 15.3 Å². The minimum Gasteiger partial charge on any atom is -0.405 e. The molecule has 0 unspecified atom stereocenters. The highest BCUT2D eigenvalue weighted by Gasteiger charge is 2.32. The molecule has 0 radical (unpaired) electrons. The van der Waals surface area contributed by atoms with Crippen LogP contribution in [-0.2, 0) is 6.54 Å². The molecule has 2 N–H and O–H groups in total. The molecule has 1 aromatic heterocycles. The average Bonchev–Trinajstić information content (AvgIpc) is 2.67. The summed E-state index contributed by atoms with van der Waals surface area (Å²) < 4.78 is 42.7. The Balaban J connectivity index is 0.00000256. The van der Waals surface area contributed by atoms with Crippen molar-refractivity contribution in [3.63, 3.8) is 0 Å². The fourth-order valence-corrected chi connectivity index (χ4v) is 3.81. The Morgan fingerprint density at radius 3 is 2.34 bits per heavy atom. The number of rotatable bonds is 7. The first-order valence-corrected chi connectivity index (χ1v) is 10.5. The number of alkyl halides is 3. The molecule has 0 amide bonds. The standard InChI is InChI=1S/C20H25BrF3N5O.2ClH/c1-29(2)19-10-18(26-12-27-19)28-16-7-5-15(6-8-16)25-11-13-3-4-14(21)9-17(13)30-20(22,23)24;;/h3-4,9-10,12,15-16,25H,5-8,11H2,1-2H3,(H,26,27,28);2*1H/t15-,16+;;. The molecule has 1 aliphatic carbocycles. The third-order valence-electron chi connectivity index (χ3n) is 5.03. The lowest BCUT2D eigenvalue weighted by molar-refractivity contribution is -0.274. The van der Waals surface area contributed by atoms with E-state index in [1.807, 2.05) is 25.1 Å². The summed E-state index contributed by atoms with van der Waals surface area (Å²) in [6, 6.07) is 7.17. The summed E-state index contributed by atoms with van der Waals surface area (Å²) in [5.41, 5.74) is 0.480. The summed E-state index contributed by atoms with van der Waals surface area (Å²) in [7, 11) is 3.86. The maximum Gasteiger partial charge on any atom is 0.573 e. The number of nitrogens with zero attached hydrogens (tertiary/aromatic N) is 3. The first-order valence-electron chi connectivity index (χ1n) is 9.73. The van der Waals surface area contributed by atoms with Gasteiger partial charge in [0.1, 0.15) is 23.7 Å². The van der Waals surface area contributed by atoms with Crippen LogP contribution in [0.3, 0.4) is 0 Å². The predicted molar refractivity (Wildman–Crippen MR) is 128 cm³/mol. The van der Waals surface area contributed by atoms with Gasteiger partial charge in [0.25, 0.3) is 0 Å². The summed E-state index contributed by atoms with van der Waals surface area (Å²) in [5.74, 6) is 1.46. The molecule has 1 fully saturated rings. The van der Waals surface area contributed by atoms with Crippen LogP contribution in [0.15, 0.2) is 35.1 Å². The van der Waals surface area contributed by atoms with E-state index in [0.29, 0.717) is 22.6 Å². The maximum atomic E-state index is 12.7. The van der Waals surface area contributed by atoms with E-state index in [4.69, 9.17) is 0 Å². The van der Waals surface area contributed by atoms with Crippen LogP contribution in [0.5, 0.6) is 5.75 Å². The highest BCUT2D eigenvalue weighted by molar-refractivity contribution is 9.10. The largest absolute Gasteiger partial charge is 0.573 e. The molecule has 0 aliphatic heterocycles. The van der Waals surface area contributed by atoms with E-state index in [9.17, 15) is 13.2 Å². The normalized spacial score (nSPS) is 18.2. The van der Waals surface area contributed by atoms with Gasteiger partial charge in [-0.3, -0.25) is 0 Å². The zero-order chi connectivity index (χ0) is 21.7. The number of hydrogen-bond donors (Lipinski definition) is 2. The predicted octanol–water partition coefficient (Wildman–Crippen LogP) is 5.56. The molecule has 1 heterocycles. The van der Waals surface area contributed by atoms with Gasteiger partial charge < -0.3 is 20.3 Å². The number of nitrogens with one attached hydrogen (secondary N) is 2. The lowest BCUT2D eigenvalue weighted by Gasteiger charge is -2.30. The zero-order valence-corrected chi connectivity index (χ0v) is 20.9. The van der Waals surface area contributed by atoms with Crippen LogP contribution in [0.25, 0.3) is 0 Å². The van der Waals surface area contributed by atoms with Crippen LogP contribution in [0.1, 0.15) is 31.2 Å². The molecule has 3 rings (SSSR count). The van der Waals surface area contributed by atoms with Gasteiger partial charge in [0.2, 0.25) is 0 Å². The molecule has 0 saturated heterocycles. The average molecular weight is 561 g/mol.